The van der Waals surface area contributed by atoms with Crippen LogP contribution in [0.2, 0.25) is 0 Å². The van der Waals surface area contributed by atoms with E-state index in [1.165, 1.54) is 50.5 Å². The zero-order chi connectivity index (χ0) is 25.1. The Kier molecular flexibility index (Phi) is 7.52. The second-order valence-corrected chi connectivity index (χ2v) is 13.2. The first kappa shape index (κ1) is 25.1. The fraction of sp³-hybridized carbons (Fsp3) is 0. The summed E-state index contributed by atoms with van der Waals surface area (Å²) in [5.74, 6) is 0. The van der Waals surface area contributed by atoms with Gasteiger partial charge in [0, 0.05) is 0 Å². The molecule has 178 valence electrons. The van der Waals surface area contributed by atoms with E-state index in [-0.39, 0.29) is 0 Å². The summed E-state index contributed by atoms with van der Waals surface area (Å²) in [6, 6.07) is 35.5. The zero-order valence-corrected chi connectivity index (χ0v) is 23.0. The molecule has 0 amide bonds. The van der Waals surface area contributed by atoms with Crippen LogP contribution < -0.4 is 27.6 Å². The van der Waals surface area contributed by atoms with Crippen LogP contribution in [0.1, 0.15) is 16.7 Å². The van der Waals surface area contributed by atoms with Crippen molar-refractivity contribution in [2.75, 3.05) is 0 Å². The van der Waals surface area contributed by atoms with Crippen molar-refractivity contribution in [3.8, 4) is 0 Å². The Morgan fingerprint density at radius 3 is 1.58 bits per heavy atom. The minimum atomic E-state index is -4.94. The smallest absolute Gasteiger partial charge is 0.112 e. The van der Waals surface area contributed by atoms with Crippen LogP contribution in [-0.4, -0.2) is 29.5 Å². The summed E-state index contributed by atoms with van der Waals surface area (Å²) in [4.78, 5) is 0. The van der Waals surface area contributed by atoms with Gasteiger partial charge in [-0.1, -0.05) is 0 Å². The van der Waals surface area contributed by atoms with E-state index in [0.717, 1.165) is 0 Å². The molecule has 7 heteroatoms. The number of hydrogen-bond acceptors (Lipinski definition) is 4. The van der Waals surface area contributed by atoms with Crippen molar-refractivity contribution >= 4 is 69.3 Å². The molecular weight excluding hydrogens is 606 g/mol. The standard InChI is InChI=1S/C29H19Se2.ClHO4/c1-5-16-26-22(10-1)20(23-11-2-6-17-27(23)30-26)14-9-15-21-24-12-3-7-18-28(24)31-29-19-8-4-13-25(21)29;2-1(3,4)5/h1-19H;(H,2,3,4,5)/q+1;/p-1. The Hall–Kier alpha value is -2.60. The third kappa shape index (κ3) is 5.69. The number of halogens is 1. The molecule has 36 heavy (non-hydrogen) atoms. The molecule has 0 spiro atoms. The van der Waals surface area contributed by atoms with Crippen LogP contribution in [0.5, 0.6) is 0 Å². The Morgan fingerprint density at radius 2 is 1.06 bits per heavy atom. The van der Waals surface area contributed by atoms with E-state index in [0.29, 0.717) is 29.5 Å². The molecule has 0 N–H and O–H groups in total. The van der Waals surface area contributed by atoms with Gasteiger partial charge in [0.1, 0.15) is 0 Å². The maximum atomic E-state index is 8.49. The van der Waals surface area contributed by atoms with Crippen molar-refractivity contribution in [1.29, 1.82) is 0 Å². The minimum absolute atomic E-state index is 0.367. The Labute approximate surface area is 223 Å². The Morgan fingerprint density at radius 1 is 0.611 bits per heavy atom. The van der Waals surface area contributed by atoms with E-state index in [4.69, 9.17) is 18.6 Å². The first-order valence-corrected chi connectivity index (χ1v) is 15.6. The quantitative estimate of drug-likeness (QED) is 0.210. The molecule has 1 aliphatic rings. The average Bonchev–Trinajstić information content (AvgIpc) is 2.87. The zero-order valence-electron chi connectivity index (χ0n) is 18.8. The van der Waals surface area contributed by atoms with Gasteiger partial charge in [-0.3, -0.25) is 0 Å². The van der Waals surface area contributed by atoms with Gasteiger partial charge in [0.2, 0.25) is 0 Å². The second kappa shape index (κ2) is 10.8. The predicted octanol–water partition coefficient (Wildman–Crippen LogP) is 0.689. The summed E-state index contributed by atoms with van der Waals surface area (Å²) >= 11 is 0.735. The van der Waals surface area contributed by atoms with Gasteiger partial charge in [0.25, 0.3) is 0 Å². The van der Waals surface area contributed by atoms with Crippen molar-refractivity contribution in [2.24, 2.45) is 0 Å². The third-order valence-corrected chi connectivity index (χ3v) is 10.5. The summed E-state index contributed by atoms with van der Waals surface area (Å²) in [5.41, 5.74) is 5.42. The van der Waals surface area contributed by atoms with Crippen LogP contribution in [0.3, 0.4) is 0 Å². The van der Waals surface area contributed by atoms with Crippen molar-refractivity contribution in [2.45, 2.75) is 0 Å². The molecule has 6 rings (SSSR count). The van der Waals surface area contributed by atoms with E-state index < -0.39 is 10.2 Å². The predicted molar refractivity (Wildman–Crippen MR) is 137 cm³/mol. The fourth-order valence-corrected chi connectivity index (χ4v) is 8.88. The maximum Gasteiger partial charge on any atom is -0.112 e. The Bertz CT molecular complexity index is 1520. The van der Waals surface area contributed by atoms with Gasteiger partial charge >= 0.3 is 195 Å². The van der Waals surface area contributed by atoms with Crippen LogP contribution >= 0.6 is 0 Å². The number of benzene rings is 4. The molecule has 0 unspecified atom stereocenters. The first-order chi connectivity index (χ1) is 17.4. The molecule has 0 radical (unpaired) electrons. The molecule has 4 nitrogen and oxygen atoms in total. The second-order valence-electron chi connectivity index (χ2n) is 7.92. The number of rotatable bonds is 2. The third-order valence-electron chi connectivity index (χ3n) is 5.67. The number of allylic oxidation sites excluding steroid dienone is 2. The summed E-state index contributed by atoms with van der Waals surface area (Å²) in [6.45, 7) is 0. The van der Waals surface area contributed by atoms with E-state index >= 15 is 0 Å². The first-order valence-electron chi connectivity index (χ1n) is 11.0. The number of hydrogen-bond donors (Lipinski definition) is 0. The fourth-order valence-electron chi connectivity index (χ4n) is 4.24. The number of fused-ring (bicyclic) bond motifs is 4. The van der Waals surface area contributed by atoms with Crippen LogP contribution in [0, 0.1) is 10.2 Å². The summed E-state index contributed by atoms with van der Waals surface area (Å²) in [7, 11) is -4.94. The molecule has 0 aliphatic carbocycles. The monoisotopic (exact) mass is 626 g/mol. The Balaban J connectivity index is 0.000000489. The molecule has 0 saturated carbocycles. The van der Waals surface area contributed by atoms with Gasteiger partial charge in [-0.2, -0.15) is 0 Å². The van der Waals surface area contributed by atoms with E-state index in [9.17, 15) is 0 Å². The summed E-state index contributed by atoms with van der Waals surface area (Å²) < 4.78 is 39.9. The maximum absolute atomic E-state index is 8.49. The van der Waals surface area contributed by atoms with Crippen LogP contribution in [0.4, 0.5) is 0 Å². The van der Waals surface area contributed by atoms with Gasteiger partial charge in [-0.15, -0.1) is 10.2 Å². The summed E-state index contributed by atoms with van der Waals surface area (Å²) in [5, 5.41) is 2.76. The molecule has 0 fully saturated rings. The van der Waals surface area contributed by atoms with Gasteiger partial charge in [0.15, 0.2) is 0 Å². The molecular formula is C29H19ClO4Se2. The molecule has 0 atom stereocenters. The molecule has 1 aliphatic heterocycles. The molecule has 1 aromatic heterocycles. The van der Waals surface area contributed by atoms with E-state index in [2.05, 4.69) is 115 Å². The largest absolute Gasteiger partial charge is 0.222 e. The summed E-state index contributed by atoms with van der Waals surface area (Å²) in [6.07, 6.45) is 6.87. The van der Waals surface area contributed by atoms with Crippen molar-refractivity contribution in [1.82, 2.24) is 0 Å². The topological polar surface area (TPSA) is 92.2 Å². The van der Waals surface area contributed by atoms with Crippen molar-refractivity contribution < 1.29 is 28.9 Å². The van der Waals surface area contributed by atoms with Gasteiger partial charge in [-0.05, 0) is 0 Å². The SMILES string of the molecule is C(/C=C/c1c2ccccc2[se+]c2ccccc12)=C1c2ccccc2[Se]c2ccccc21.[O-][Cl+3]([O-])([O-])[O-]. The van der Waals surface area contributed by atoms with Crippen LogP contribution in [-0.2, 0) is 0 Å². The van der Waals surface area contributed by atoms with Gasteiger partial charge in [0.05, 0.1) is 0 Å². The molecule has 4 aromatic carbocycles. The molecule has 5 aromatic rings. The normalized spacial score (nSPS) is 12.7. The van der Waals surface area contributed by atoms with Gasteiger partial charge in [-0.25, -0.2) is 18.6 Å². The van der Waals surface area contributed by atoms with Crippen LogP contribution in [0.15, 0.2) is 109 Å². The van der Waals surface area contributed by atoms with Crippen molar-refractivity contribution in [3.63, 3.8) is 0 Å². The van der Waals surface area contributed by atoms with Crippen molar-refractivity contribution in [3.05, 3.63) is 126 Å². The van der Waals surface area contributed by atoms with E-state index in [1.807, 2.05) is 0 Å². The molecule has 0 bridgehead atoms. The van der Waals surface area contributed by atoms with E-state index in [1.54, 1.807) is 0 Å². The van der Waals surface area contributed by atoms with Crippen LogP contribution in [0.25, 0.3) is 30.9 Å². The molecule has 2 heterocycles. The average molecular weight is 625 g/mol. The minimum Gasteiger partial charge on any atom is -0.222 e. The molecule has 0 saturated heterocycles. The van der Waals surface area contributed by atoms with Gasteiger partial charge < -0.3 is 0 Å².